The molecule has 0 radical (unpaired) electrons. The summed E-state index contributed by atoms with van der Waals surface area (Å²) < 4.78 is 22.3. The minimum absolute atomic E-state index is 0.359. The van der Waals surface area contributed by atoms with Crippen LogP contribution in [0.1, 0.15) is 31.7 Å². The van der Waals surface area contributed by atoms with E-state index in [-0.39, 0.29) is 0 Å². The van der Waals surface area contributed by atoms with Gasteiger partial charge in [0.25, 0.3) is 0 Å². The van der Waals surface area contributed by atoms with Gasteiger partial charge in [-0.15, -0.1) is 0 Å². The summed E-state index contributed by atoms with van der Waals surface area (Å²) in [6.45, 7) is 10.9. The second-order valence-corrected chi connectivity index (χ2v) is 8.21. The molecular weight excluding hydrogens is 408 g/mol. The van der Waals surface area contributed by atoms with E-state index in [1.54, 1.807) is 14.2 Å². The summed E-state index contributed by atoms with van der Waals surface area (Å²) in [4.78, 5) is 9.67. The molecule has 0 unspecified atom stereocenters. The molecule has 1 N–H and O–H groups in total. The van der Waals surface area contributed by atoms with Crippen LogP contribution in [0.2, 0.25) is 0 Å². The van der Waals surface area contributed by atoms with Crippen molar-refractivity contribution < 1.29 is 18.9 Å². The molecule has 1 aromatic rings. The van der Waals surface area contributed by atoms with Gasteiger partial charge < -0.3 is 29.2 Å². The molecule has 1 aromatic carbocycles. The summed E-state index contributed by atoms with van der Waals surface area (Å²) in [5.41, 5.74) is 1.16. The molecule has 180 valence electrons. The summed E-state index contributed by atoms with van der Waals surface area (Å²) in [6, 6.07) is 5.99. The summed E-state index contributed by atoms with van der Waals surface area (Å²) in [7, 11) is 3.42. The maximum Gasteiger partial charge on any atom is 0.194 e. The first kappa shape index (κ1) is 24.6. The van der Waals surface area contributed by atoms with E-state index < -0.39 is 0 Å². The molecule has 8 heteroatoms. The lowest BCUT2D eigenvalue weighted by Crippen LogP contribution is -2.52. The van der Waals surface area contributed by atoms with Gasteiger partial charge in [-0.2, -0.15) is 0 Å². The van der Waals surface area contributed by atoms with Crippen LogP contribution in [0.25, 0.3) is 0 Å². The molecule has 0 spiro atoms. The van der Waals surface area contributed by atoms with E-state index in [1.165, 1.54) is 0 Å². The highest BCUT2D eigenvalue weighted by Gasteiger charge is 2.21. The fraction of sp³-hybridized carbons (Fsp3) is 0.708. The first-order valence-corrected chi connectivity index (χ1v) is 11.9. The standard InChI is InChI=1S/C24H40N4O4/c1-4-25-24(26-10-5-15-32-21-8-16-31-17-9-21)28-13-11-27(12-14-28)19-20-18-22(29-2)6-7-23(20)30-3/h6-7,18,21H,4-5,8-17,19H2,1-3H3,(H,25,26). The second kappa shape index (κ2) is 13.5. The molecule has 0 amide bonds. The molecule has 2 saturated heterocycles. The van der Waals surface area contributed by atoms with Crippen molar-refractivity contribution >= 4 is 5.96 Å². The summed E-state index contributed by atoms with van der Waals surface area (Å²) >= 11 is 0. The van der Waals surface area contributed by atoms with E-state index in [0.717, 1.165) is 108 Å². The van der Waals surface area contributed by atoms with Crippen LogP contribution >= 0.6 is 0 Å². The maximum absolute atomic E-state index is 5.97. The highest BCUT2D eigenvalue weighted by Crippen LogP contribution is 2.25. The van der Waals surface area contributed by atoms with Gasteiger partial charge in [-0.25, -0.2) is 0 Å². The number of aliphatic imine (C=N–C) groups is 1. The minimum atomic E-state index is 0.359. The number of methoxy groups -OCH3 is 2. The van der Waals surface area contributed by atoms with Crippen LogP contribution in [0.5, 0.6) is 11.5 Å². The smallest absolute Gasteiger partial charge is 0.194 e. The summed E-state index contributed by atoms with van der Waals surface area (Å²) in [6.07, 6.45) is 3.33. The number of hydrogen-bond acceptors (Lipinski definition) is 6. The van der Waals surface area contributed by atoms with Crippen molar-refractivity contribution in [3.05, 3.63) is 23.8 Å². The number of guanidine groups is 1. The highest BCUT2D eigenvalue weighted by molar-refractivity contribution is 5.80. The molecule has 2 fully saturated rings. The summed E-state index contributed by atoms with van der Waals surface area (Å²) in [5.74, 6) is 2.78. The Morgan fingerprint density at radius 3 is 2.59 bits per heavy atom. The molecule has 0 bridgehead atoms. The van der Waals surface area contributed by atoms with Gasteiger partial charge in [-0.3, -0.25) is 9.89 Å². The molecule has 2 aliphatic rings. The summed E-state index contributed by atoms with van der Waals surface area (Å²) in [5, 5.41) is 3.45. The lowest BCUT2D eigenvalue weighted by molar-refractivity contribution is -0.0318. The molecule has 0 aromatic heterocycles. The van der Waals surface area contributed by atoms with Crippen molar-refractivity contribution in [3.63, 3.8) is 0 Å². The van der Waals surface area contributed by atoms with Crippen LogP contribution in [0.15, 0.2) is 23.2 Å². The Hall–Kier alpha value is -2.03. The molecule has 2 aliphatic heterocycles. The Morgan fingerprint density at radius 2 is 1.91 bits per heavy atom. The van der Waals surface area contributed by atoms with E-state index in [4.69, 9.17) is 23.9 Å². The maximum atomic E-state index is 5.97. The third-order valence-electron chi connectivity index (χ3n) is 5.97. The van der Waals surface area contributed by atoms with Gasteiger partial charge in [-0.05, 0) is 44.4 Å². The van der Waals surface area contributed by atoms with Crippen molar-refractivity contribution in [1.29, 1.82) is 0 Å². The van der Waals surface area contributed by atoms with Crippen LogP contribution in [-0.2, 0) is 16.0 Å². The third-order valence-corrected chi connectivity index (χ3v) is 5.97. The van der Waals surface area contributed by atoms with Crippen LogP contribution < -0.4 is 14.8 Å². The minimum Gasteiger partial charge on any atom is -0.497 e. The van der Waals surface area contributed by atoms with E-state index in [0.29, 0.717) is 6.10 Å². The van der Waals surface area contributed by atoms with Crippen LogP contribution in [-0.4, -0.2) is 95.2 Å². The number of benzene rings is 1. The Kier molecular flexibility index (Phi) is 10.4. The molecule has 8 nitrogen and oxygen atoms in total. The van der Waals surface area contributed by atoms with Crippen molar-refractivity contribution in [2.24, 2.45) is 4.99 Å². The van der Waals surface area contributed by atoms with E-state index in [2.05, 4.69) is 28.1 Å². The zero-order valence-corrected chi connectivity index (χ0v) is 20.0. The third kappa shape index (κ3) is 7.53. The van der Waals surface area contributed by atoms with Crippen LogP contribution in [0, 0.1) is 0 Å². The zero-order valence-electron chi connectivity index (χ0n) is 20.0. The number of piperazine rings is 1. The number of hydrogen-bond donors (Lipinski definition) is 1. The Morgan fingerprint density at radius 1 is 1.12 bits per heavy atom. The van der Waals surface area contributed by atoms with Crippen LogP contribution in [0.4, 0.5) is 0 Å². The predicted molar refractivity (Wildman–Crippen MR) is 127 cm³/mol. The van der Waals surface area contributed by atoms with Crippen molar-refractivity contribution in [3.8, 4) is 11.5 Å². The van der Waals surface area contributed by atoms with Crippen molar-refractivity contribution in [2.75, 3.05) is 73.3 Å². The van der Waals surface area contributed by atoms with Crippen LogP contribution in [0.3, 0.4) is 0 Å². The first-order valence-electron chi connectivity index (χ1n) is 11.9. The monoisotopic (exact) mass is 448 g/mol. The number of ether oxygens (including phenoxy) is 4. The second-order valence-electron chi connectivity index (χ2n) is 8.21. The highest BCUT2D eigenvalue weighted by atomic mass is 16.5. The van der Waals surface area contributed by atoms with Gasteiger partial charge >= 0.3 is 0 Å². The van der Waals surface area contributed by atoms with Crippen molar-refractivity contribution in [2.45, 2.75) is 38.8 Å². The lowest BCUT2D eigenvalue weighted by atomic mass is 10.1. The molecule has 0 saturated carbocycles. The molecule has 0 aliphatic carbocycles. The average molecular weight is 449 g/mol. The SMILES string of the molecule is CCNC(=NCCCOC1CCOCC1)N1CCN(Cc2cc(OC)ccc2OC)CC1. The quantitative estimate of drug-likeness (QED) is 0.335. The fourth-order valence-corrected chi connectivity index (χ4v) is 4.13. The van der Waals surface area contributed by atoms with Gasteiger partial charge in [0.05, 0.1) is 20.3 Å². The zero-order chi connectivity index (χ0) is 22.6. The van der Waals surface area contributed by atoms with Gasteiger partial charge in [0.1, 0.15) is 11.5 Å². The normalized spacial score (nSPS) is 18.6. The average Bonchev–Trinajstić information content (AvgIpc) is 2.84. The number of nitrogens with zero attached hydrogens (tertiary/aromatic N) is 3. The van der Waals surface area contributed by atoms with Gasteiger partial charge in [0, 0.05) is 71.2 Å². The van der Waals surface area contributed by atoms with Gasteiger partial charge in [-0.1, -0.05) is 0 Å². The molecule has 0 atom stereocenters. The fourth-order valence-electron chi connectivity index (χ4n) is 4.13. The number of nitrogens with one attached hydrogen (secondary N) is 1. The molecule has 2 heterocycles. The first-order chi connectivity index (χ1) is 15.7. The topological polar surface area (TPSA) is 67.8 Å². The van der Waals surface area contributed by atoms with Gasteiger partial charge in [0.2, 0.25) is 0 Å². The lowest BCUT2D eigenvalue weighted by Gasteiger charge is -2.36. The Bertz CT molecular complexity index is 701. The molecular formula is C24H40N4O4. The largest absolute Gasteiger partial charge is 0.497 e. The van der Waals surface area contributed by atoms with Gasteiger partial charge in [0.15, 0.2) is 5.96 Å². The predicted octanol–water partition coefficient (Wildman–Crippen LogP) is 2.37. The number of rotatable bonds is 10. The molecule has 3 rings (SSSR count). The van der Waals surface area contributed by atoms with E-state index in [9.17, 15) is 0 Å². The van der Waals surface area contributed by atoms with E-state index >= 15 is 0 Å². The van der Waals surface area contributed by atoms with E-state index in [1.807, 2.05) is 12.1 Å². The molecule has 32 heavy (non-hydrogen) atoms. The Balaban J connectivity index is 1.44. The Labute approximate surface area is 192 Å². The van der Waals surface area contributed by atoms with Crippen molar-refractivity contribution in [1.82, 2.24) is 15.1 Å².